The molecule has 3 heteroatoms. The third kappa shape index (κ3) is 3.40. The van der Waals surface area contributed by atoms with Crippen LogP contribution in [0.4, 0.5) is 0 Å². The molecule has 0 aromatic carbocycles. The minimum absolute atomic E-state index is 0.0743. The molecule has 0 saturated carbocycles. The van der Waals surface area contributed by atoms with E-state index in [9.17, 15) is 4.79 Å². The summed E-state index contributed by atoms with van der Waals surface area (Å²) in [5.74, 6) is 2.32. The van der Waals surface area contributed by atoms with Crippen molar-refractivity contribution in [1.29, 1.82) is 0 Å². The van der Waals surface area contributed by atoms with E-state index >= 15 is 0 Å². The number of carbonyl (C=O) groups excluding carboxylic acids is 1. The lowest BCUT2D eigenvalue weighted by Crippen LogP contribution is -2.41. The minimum Gasteiger partial charge on any atom is -0.333 e. The maximum absolute atomic E-state index is 11.3. The van der Waals surface area contributed by atoms with Gasteiger partial charge in [-0.2, -0.15) is 0 Å². The Kier molecular flexibility index (Phi) is 5.14. The summed E-state index contributed by atoms with van der Waals surface area (Å²) in [7, 11) is 1.66. The van der Waals surface area contributed by atoms with Crippen LogP contribution in [0.1, 0.15) is 19.8 Å². The first-order chi connectivity index (χ1) is 5.63. The third-order valence-electron chi connectivity index (χ3n) is 1.62. The van der Waals surface area contributed by atoms with E-state index in [0.717, 1.165) is 6.42 Å². The van der Waals surface area contributed by atoms with E-state index in [-0.39, 0.29) is 5.91 Å². The fraction of sp³-hybridized carbons (Fsp3) is 0.667. The van der Waals surface area contributed by atoms with Crippen molar-refractivity contribution in [2.45, 2.75) is 25.8 Å². The molecule has 68 valence electrons. The lowest BCUT2D eigenvalue weighted by molar-refractivity contribution is -0.130. The Morgan fingerprint density at radius 1 is 1.75 bits per heavy atom. The number of nitrogens with zero attached hydrogens (tertiary/aromatic N) is 1. The number of terminal acetylenes is 1. The van der Waals surface area contributed by atoms with Gasteiger partial charge in [-0.3, -0.25) is 4.79 Å². The number of hydrogen-bond acceptors (Lipinski definition) is 2. The van der Waals surface area contributed by atoms with Gasteiger partial charge in [0.25, 0.3) is 0 Å². The van der Waals surface area contributed by atoms with Crippen molar-refractivity contribution in [2.24, 2.45) is 5.73 Å². The molecule has 0 aliphatic carbocycles. The second-order valence-electron chi connectivity index (χ2n) is 2.79. The Hall–Kier alpha value is -1.01. The van der Waals surface area contributed by atoms with Gasteiger partial charge in [0.15, 0.2) is 0 Å². The molecule has 0 rings (SSSR count). The predicted molar refractivity (Wildman–Crippen MR) is 49.4 cm³/mol. The standard InChI is InChI=1S/C9H16N2O/c1-4-6-8(10)9(12)11(3)7-5-2/h2,8H,4,6-7,10H2,1,3H3. The first-order valence-corrected chi connectivity index (χ1v) is 4.07. The van der Waals surface area contributed by atoms with Crippen LogP contribution >= 0.6 is 0 Å². The van der Waals surface area contributed by atoms with Crippen LogP contribution in [0.5, 0.6) is 0 Å². The van der Waals surface area contributed by atoms with Crippen LogP contribution in [0.15, 0.2) is 0 Å². The molecule has 12 heavy (non-hydrogen) atoms. The second-order valence-corrected chi connectivity index (χ2v) is 2.79. The van der Waals surface area contributed by atoms with Gasteiger partial charge >= 0.3 is 0 Å². The third-order valence-corrected chi connectivity index (χ3v) is 1.62. The summed E-state index contributed by atoms with van der Waals surface area (Å²) in [6, 6.07) is -0.395. The highest BCUT2D eigenvalue weighted by Crippen LogP contribution is 1.97. The Balaban J connectivity index is 3.93. The SMILES string of the molecule is C#CCN(C)C(=O)C(N)CCC. The maximum Gasteiger partial charge on any atom is 0.240 e. The molecule has 1 amide bonds. The molecule has 0 heterocycles. The molecule has 0 aliphatic rings. The topological polar surface area (TPSA) is 46.3 Å². The molecule has 1 unspecified atom stereocenters. The number of carbonyl (C=O) groups is 1. The fourth-order valence-electron chi connectivity index (χ4n) is 0.932. The van der Waals surface area contributed by atoms with Gasteiger partial charge in [0.1, 0.15) is 0 Å². The summed E-state index contributed by atoms with van der Waals surface area (Å²) in [6.45, 7) is 2.32. The van der Waals surface area contributed by atoms with Crippen molar-refractivity contribution in [3.05, 3.63) is 0 Å². The number of hydrogen-bond donors (Lipinski definition) is 1. The smallest absolute Gasteiger partial charge is 0.240 e. The number of nitrogens with two attached hydrogens (primary N) is 1. The molecular weight excluding hydrogens is 152 g/mol. The number of likely N-dealkylation sites (N-methyl/N-ethyl adjacent to an activating group) is 1. The van der Waals surface area contributed by atoms with Crippen molar-refractivity contribution in [1.82, 2.24) is 4.90 Å². The lowest BCUT2D eigenvalue weighted by Gasteiger charge is -2.18. The quantitative estimate of drug-likeness (QED) is 0.610. The van der Waals surface area contributed by atoms with Crippen LogP contribution in [0.2, 0.25) is 0 Å². The van der Waals surface area contributed by atoms with E-state index in [1.54, 1.807) is 7.05 Å². The molecule has 0 fully saturated rings. The highest BCUT2D eigenvalue weighted by Gasteiger charge is 2.15. The Morgan fingerprint density at radius 3 is 2.75 bits per heavy atom. The minimum atomic E-state index is -0.395. The molecule has 0 aromatic heterocycles. The summed E-state index contributed by atoms with van der Waals surface area (Å²) in [5, 5.41) is 0. The molecule has 0 aliphatic heterocycles. The lowest BCUT2D eigenvalue weighted by atomic mass is 10.1. The van der Waals surface area contributed by atoms with Gasteiger partial charge in [-0.05, 0) is 6.42 Å². The highest BCUT2D eigenvalue weighted by atomic mass is 16.2. The van der Waals surface area contributed by atoms with Crippen LogP contribution in [0, 0.1) is 12.3 Å². The molecular formula is C9H16N2O. The van der Waals surface area contributed by atoms with Gasteiger partial charge in [0.05, 0.1) is 12.6 Å². The zero-order valence-corrected chi connectivity index (χ0v) is 7.71. The molecule has 0 radical (unpaired) electrons. The van der Waals surface area contributed by atoms with Gasteiger partial charge in [0.2, 0.25) is 5.91 Å². The van der Waals surface area contributed by atoms with Crippen molar-refractivity contribution < 1.29 is 4.79 Å². The van der Waals surface area contributed by atoms with Gasteiger partial charge in [0, 0.05) is 7.05 Å². The van der Waals surface area contributed by atoms with Crippen LogP contribution in [0.25, 0.3) is 0 Å². The van der Waals surface area contributed by atoms with Crippen molar-refractivity contribution in [3.63, 3.8) is 0 Å². The maximum atomic E-state index is 11.3. The van der Waals surface area contributed by atoms with E-state index < -0.39 is 6.04 Å². The summed E-state index contributed by atoms with van der Waals surface area (Å²) >= 11 is 0. The summed E-state index contributed by atoms with van der Waals surface area (Å²) in [5.41, 5.74) is 5.60. The molecule has 2 N–H and O–H groups in total. The van der Waals surface area contributed by atoms with Gasteiger partial charge < -0.3 is 10.6 Å². The Labute approximate surface area is 73.9 Å². The molecule has 3 nitrogen and oxygen atoms in total. The first kappa shape index (κ1) is 11.0. The second kappa shape index (κ2) is 5.62. The Morgan fingerprint density at radius 2 is 2.33 bits per heavy atom. The highest BCUT2D eigenvalue weighted by molar-refractivity contribution is 5.81. The zero-order chi connectivity index (χ0) is 9.56. The Bertz CT molecular complexity index is 183. The van der Waals surface area contributed by atoms with Crippen molar-refractivity contribution in [2.75, 3.05) is 13.6 Å². The zero-order valence-electron chi connectivity index (χ0n) is 7.71. The van der Waals surface area contributed by atoms with E-state index in [0.29, 0.717) is 13.0 Å². The summed E-state index contributed by atoms with van der Waals surface area (Å²) < 4.78 is 0. The van der Waals surface area contributed by atoms with Crippen LogP contribution < -0.4 is 5.73 Å². The van der Waals surface area contributed by atoms with E-state index in [4.69, 9.17) is 12.2 Å². The molecule has 0 aromatic rings. The van der Waals surface area contributed by atoms with Gasteiger partial charge in [-0.15, -0.1) is 6.42 Å². The first-order valence-electron chi connectivity index (χ1n) is 4.07. The van der Waals surface area contributed by atoms with Crippen molar-refractivity contribution >= 4 is 5.91 Å². The monoisotopic (exact) mass is 168 g/mol. The molecule has 1 atom stereocenters. The largest absolute Gasteiger partial charge is 0.333 e. The van der Waals surface area contributed by atoms with Crippen LogP contribution in [-0.4, -0.2) is 30.4 Å². The molecule has 0 saturated heterocycles. The normalized spacial score (nSPS) is 11.8. The van der Waals surface area contributed by atoms with E-state index in [1.807, 2.05) is 6.92 Å². The van der Waals surface area contributed by atoms with Gasteiger partial charge in [-0.25, -0.2) is 0 Å². The average Bonchev–Trinajstić information content (AvgIpc) is 2.04. The summed E-state index contributed by atoms with van der Waals surface area (Å²) in [6.07, 6.45) is 6.69. The van der Waals surface area contributed by atoms with Crippen molar-refractivity contribution in [3.8, 4) is 12.3 Å². The average molecular weight is 168 g/mol. The number of rotatable bonds is 4. The fourth-order valence-corrected chi connectivity index (χ4v) is 0.932. The van der Waals surface area contributed by atoms with E-state index in [1.165, 1.54) is 4.90 Å². The van der Waals surface area contributed by atoms with Gasteiger partial charge in [-0.1, -0.05) is 19.3 Å². The molecule has 0 bridgehead atoms. The van der Waals surface area contributed by atoms with Crippen LogP contribution in [0.3, 0.4) is 0 Å². The van der Waals surface area contributed by atoms with E-state index in [2.05, 4.69) is 5.92 Å². The summed E-state index contributed by atoms with van der Waals surface area (Å²) in [4.78, 5) is 12.8. The molecule has 0 spiro atoms. The predicted octanol–water partition coefficient (Wildman–Crippen LogP) is 0.205. The van der Waals surface area contributed by atoms with Crippen LogP contribution in [-0.2, 0) is 4.79 Å². The number of amides is 1.